The average Bonchev–Trinajstić information content (AvgIpc) is 2.03. The Balaban J connectivity index is 0.00000169. The van der Waals surface area contributed by atoms with Crippen LogP contribution in [0.15, 0.2) is 24.3 Å². The van der Waals surface area contributed by atoms with Crippen LogP contribution in [-0.4, -0.2) is 5.97 Å². The summed E-state index contributed by atoms with van der Waals surface area (Å²) in [5, 5.41) is 10.2. The summed E-state index contributed by atoms with van der Waals surface area (Å²) in [6.07, 6.45) is -4.44. The molecule has 0 saturated heterocycles. The molecule has 2 nitrogen and oxygen atoms in total. The number of carboxylic acids is 1. The molecule has 0 heterocycles. The van der Waals surface area contributed by atoms with Gasteiger partial charge in [0, 0.05) is 0 Å². The molecule has 70 valence electrons. The van der Waals surface area contributed by atoms with E-state index in [2.05, 4.69) is 0 Å². The second-order valence-corrected chi connectivity index (χ2v) is 2.36. The molecule has 0 aliphatic heterocycles. The third-order valence-electron chi connectivity index (χ3n) is 1.45. The number of alkyl halides is 3. The zero-order valence-electron chi connectivity index (χ0n) is 7.26. The van der Waals surface area contributed by atoms with E-state index in [1.54, 1.807) is 0 Å². The van der Waals surface area contributed by atoms with Gasteiger partial charge in [-0.05, 0) is 17.7 Å². The monoisotopic (exact) mass is 196 g/mol. The van der Waals surface area contributed by atoms with E-state index in [-0.39, 0.29) is 24.4 Å². The van der Waals surface area contributed by atoms with E-state index in [9.17, 15) is 23.1 Å². The first-order chi connectivity index (χ1) is 5.91. The Morgan fingerprint density at radius 2 is 1.57 bits per heavy atom. The molecule has 0 radical (unpaired) electrons. The van der Waals surface area contributed by atoms with Gasteiger partial charge in [0.1, 0.15) is 0 Å². The Hall–Kier alpha value is -0.923. The molecule has 0 saturated carbocycles. The van der Waals surface area contributed by atoms with Crippen LogP contribution in [0.25, 0.3) is 0 Å². The van der Waals surface area contributed by atoms with Crippen LogP contribution in [0.2, 0.25) is 0 Å². The van der Waals surface area contributed by atoms with Crippen LogP contribution in [0.4, 0.5) is 13.2 Å². The summed E-state index contributed by atoms with van der Waals surface area (Å²) < 4.78 is 35.9. The van der Waals surface area contributed by atoms with Gasteiger partial charge >= 0.3 is 25.0 Å². The predicted octanol–water partition coefficient (Wildman–Crippen LogP) is -1.93. The van der Waals surface area contributed by atoms with Crippen molar-refractivity contribution in [2.45, 2.75) is 6.18 Å². The molecule has 0 bridgehead atoms. The molecule has 1 rings (SSSR count). The maximum absolute atomic E-state index is 12.0. The summed E-state index contributed by atoms with van der Waals surface area (Å²) in [4.78, 5) is 10.2. The Morgan fingerprint density at radius 3 is 1.86 bits per heavy atom. The molecule has 0 spiro atoms. The third kappa shape index (κ3) is 3.09. The summed E-state index contributed by atoms with van der Waals surface area (Å²) in [6.45, 7) is 0. The fourth-order valence-electron chi connectivity index (χ4n) is 0.795. The van der Waals surface area contributed by atoms with Crippen LogP contribution in [0.5, 0.6) is 0 Å². The number of hydrogen-bond acceptors (Lipinski definition) is 2. The minimum Gasteiger partial charge on any atom is -0.545 e. The molecular formula is C8H4F3LiO2. The third-order valence-corrected chi connectivity index (χ3v) is 1.45. The number of hydrogen-bond donors (Lipinski definition) is 0. The number of benzene rings is 1. The predicted molar refractivity (Wildman–Crippen MR) is 35.8 cm³/mol. The van der Waals surface area contributed by atoms with Crippen molar-refractivity contribution in [1.29, 1.82) is 0 Å². The molecule has 0 N–H and O–H groups in total. The molecule has 6 heteroatoms. The van der Waals surface area contributed by atoms with Crippen molar-refractivity contribution < 1.29 is 41.9 Å². The van der Waals surface area contributed by atoms with Gasteiger partial charge in [-0.1, -0.05) is 12.1 Å². The maximum atomic E-state index is 12.0. The number of rotatable bonds is 1. The first kappa shape index (κ1) is 13.1. The number of halogens is 3. The van der Waals surface area contributed by atoms with Gasteiger partial charge in [-0.25, -0.2) is 0 Å². The van der Waals surface area contributed by atoms with Crippen molar-refractivity contribution in [3.05, 3.63) is 35.4 Å². The van der Waals surface area contributed by atoms with Crippen molar-refractivity contribution in [1.82, 2.24) is 0 Å². The molecule has 0 unspecified atom stereocenters. The fourth-order valence-corrected chi connectivity index (χ4v) is 0.795. The SMILES string of the molecule is O=C([O-])c1ccc(C(F)(F)F)cc1.[Li+]. The number of aromatic carboxylic acids is 1. The summed E-state index contributed by atoms with van der Waals surface area (Å²) in [6, 6.07) is 3.12. The molecule has 14 heavy (non-hydrogen) atoms. The van der Waals surface area contributed by atoms with Crippen molar-refractivity contribution in [2.24, 2.45) is 0 Å². The number of carbonyl (C=O) groups is 1. The van der Waals surface area contributed by atoms with Gasteiger partial charge in [-0.15, -0.1) is 0 Å². The van der Waals surface area contributed by atoms with Gasteiger partial charge in [0.2, 0.25) is 0 Å². The molecule has 0 aromatic heterocycles. The minimum atomic E-state index is -4.44. The van der Waals surface area contributed by atoms with E-state index in [1.807, 2.05) is 0 Å². The Labute approximate surface area is 89.9 Å². The quantitative estimate of drug-likeness (QED) is 0.491. The van der Waals surface area contributed by atoms with E-state index in [0.29, 0.717) is 12.1 Å². The number of carbonyl (C=O) groups excluding carboxylic acids is 1. The topological polar surface area (TPSA) is 40.1 Å². The summed E-state index contributed by atoms with van der Waals surface area (Å²) in [7, 11) is 0. The van der Waals surface area contributed by atoms with E-state index in [0.717, 1.165) is 12.1 Å². The molecule has 0 aliphatic carbocycles. The maximum Gasteiger partial charge on any atom is 1.00 e. The molecule has 0 aliphatic rings. The van der Waals surface area contributed by atoms with Gasteiger partial charge in [-0.2, -0.15) is 13.2 Å². The second kappa shape index (κ2) is 4.54. The minimum absolute atomic E-state index is 0. The van der Waals surface area contributed by atoms with Gasteiger partial charge in [0.05, 0.1) is 11.5 Å². The van der Waals surface area contributed by atoms with Gasteiger partial charge in [-0.3, -0.25) is 0 Å². The normalized spacial score (nSPS) is 10.5. The van der Waals surface area contributed by atoms with Crippen LogP contribution in [-0.2, 0) is 6.18 Å². The smallest absolute Gasteiger partial charge is 0.545 e. The number of carboxylic acid groups (broad SMARTS) is 1. The van der Waals surface area contributed by atoms with Crippen molar-refractivity contribution >= 4 is 5.97 Å². The molecule has 1 aromatic carbocycles. The molecule has 0 atom stereocenters. The summed E-state index contributed by atoms with van der Waals surface area (Å²) in [5.41, 5.74) is -1.15. The standard InChI is InChI=1S/C8H5F3O2.Li/c9-8(10,11)6-3-1-5(2-4-6)7(12)13;/h1-4H,(H,12,13);/q;+1/p-1. The Kier molecular flexibility index (Phi) is 4.24. The van der Waals surface area contributed by atoms with Crippen LogP contribution in [0.3, 0.4) is 0 Å². The fraction of sp³-hybridized carbons (Fsp3) is 0.125. The van der Waals surface area contributed by atoms with Crippen LogP contribution < -0.4 is 24.0 Å². The van der Waals surface area contributed by atoms with Crippen LogP contribution in [0.1, 0.15) is 15.9 Å². The van der Waals surface area contributed by atoms with Crippen molar-refractivity contribution in [3.63, 3.8) is 0 Å². The molecule has 0 amide bonds. The Morgan fingerprint density at radius 1 is 1.14 bits per heavy atom. The van der Waals surface area contributed by atoms with E-state index >= 15 is 0 Å². The first-order valence-corrected chi connectivity index (χ1v) is 3.30. The summed E-state index contributed by atoms with van der Waals surface area (Å²) >= 11 is 0. The van der Waals surface area contributed by atoms with Gasteiger partial charge in [0.15, 0.2) is 0 Å². The second-order valence-electron chi connectivity index (χ2n) is 2.36. The zero-order chi connectivity index (χ0) is 10.1. The Bertz CT molecular complexity index is 318. The van der Waals surface area contributed by atoms with Gasteiger partial charge in [0.25, 0.3) is 0 Å². The van der Waals surface area contributed by atoms with Gasteiger partial charge < -0.3 is 9.90 Å². The largest absolute Gasteiger partial charge is 1.00 e. The van der Waals surface area contributed by atoms with Crippen molar-refractivity contribution in [3.8, 4) is 0 Å². The van der Waals surface area contributed by atoms with Crippen LogP contribution in [0, 0.1) is 0 Å². The average molecular weight is 196 g/mol. The molecular weight excluding hydrogens is 192 g/mol. The molecule has 0 fully saturated rings. The van der Waals surface area contributed by atoms with Crippen molar-refractivity contribution in [2.75, 3.05) is 0 Å². The summed E-state index contributed by atoms with van der Waals surface area (Å²) in [5.74, 6) is -1.49. The van der Waals surface area contributed by atoms with E-state index in [4.69, 9.17) is 0 Å². The zero-order valence-corrected chi connectivity index (χ0v) is 7.26. The molecule has 1 aromatic rings. The first-order valence-electron chi connectivity index (χ1n) is 3.30. The van der Waals surface area contributed by atoms with Crippen LogP contribution >= 0.6 is 0 Å². The van der Waals surface area contributed by atoms with E-state index < -0.39 is 17.7 Å². The van der Waals surface area contributed by atoms with E-state index in [1.165, 1.54) is 0 Å².